The van der Waals surface area contributed by atoms with Crippen molar-refractivity contribution in [2.75, 3.05) is 0 Å². The smallest absolute Gasteiger partial charge is 0.417 e. The SMILES string of the molecule is CC(C)[C@H](CC(=O)O)NC(=O)c1ccccc1C(F)(F)F. The van der Waals surface area contributed by atoms with Crippen molar-refractivity contribution in [3.05, 3.63) is 35.4 Å². The van der Waals surface area contributed by atoms with E-state index in [2.05, 4.69) is 5.32 Å². The first kappa shape index (κ1) is 17.0. The van der Waals surface area contributed by atoms with Gasteiger partial charge >= 0.3 is 12.1 Å². The van der Waals surface area contributed by atoms with Crippen molar-refractivity contribution in [1.29, 1.82) is 0 Å². The van der Waals surface area contributed by atoms with E-state index in [9.17, 15) is 22.8 Å². The molecule has 1 rings (SSSR count). The quantitative estimate of drug-likeness (QED) is 0.879. The molecule has 0 unspecified atom stereocenters. The third-order valence-electron chi connectivity index (χ3n) is 2.99. The van der Waals surface area contributed by atoms with Crippen LogP contribution in [0.2, 0.25) is 0 Å². The van der Waals surface area contributed by atoms with Gasteiger partial charge in [-0.05, 0) is 18.1 Å². The average Bonchev–Trinajstić information content (AvgIpc) is 2.36. The van der Waals surface area contributed by atoms with Gasteiger partial charge in [-0.3, -0.25) is 9.59 Å². The molecule has 21 heavy (non-hydrogen) atoms. The second kappa shape index (κ2) is 6.60. The first-order chi connectivity index (χ1) is 9.62. The summed E-state index contributed by atoms with van der Waals surface area (Å²) in [6, 6.07) is 3.66. The molecule has 0 saturated carbocycles. The minimum Gasteiger partial charge on any atom is -0.481 e. The van der Waals surface area contributed by atoms with E-state index < -0.39 is 35.2 Å². The normalized spacial score (nSPS) is 13.0. The summed E-state index contributed by atoms with van der Waals surface area (Å²) in [5.41, 5.74) is -1.55. The number of alkyl halides is 3. The van der Waals surface area contributed by atoms with Gasteiger partial charge in [-0.2, -0.15) is 13.2 Å². The predicted molar refractivity (Wildman–Crippen MR) is 69.8 cm³/mol. The molecule has 1 aromatic carbocycles. The van der Waals surface area contributed by atoms with E-state index in [4.69, 9.17) is 5.11 Å². The third kappa shape index (κ3) is 4.77. The van der Waals surface area contributed by atoms with E-state index in [1.54, 1.807) is 13.8 Å². The second-order valence-corrected chi connectivity index (χ2v) is 4.97. The maximum atomic E-state index is 12.8. The van der Waals surface area contributed by atoms with Crippen LogP contribution in [0.4, 0.5) is 13.2 Å². The Labute approximate surface area is 120 Å². The Morgan fingerprint density at radius 3 is 2.29 bits per heavy atom. The molecule has 0 aliphatic rings. The molecule has 2 N–H and O–H groups in total. The molecule has 0 bridgehead atoms. The van der Waals surface area contributed by atoms with Crippen molar-refractivity contribution >= 4 is 11.9 Å². The van der Waals surface area contributed by atoms with Gasteiger partial charge in [0, 0.05) is 6.04 Å². The summed E-state index contributed by atoms with van der Waals surface area (Å²) in [5, 5.41) is 11.1. The first-order valence-corrected chi connectivity index (χ1v) is 6.31. The van der Waals surface area contributed by atoms with Crippen LogP contribution in [0.1, 0.15) is 36.2 Å². The number of aliphatic carboxylic acids is 1. The summed E-state index contributed by atoms with van der Waals surface area (Å²) in [4.78, 5) is 22.7. The van der Waals surface area contributed by atoms with E-state index in [-0.39, 0.29) is 12.3 Å². The molecule has 1 atom stereocenters. The molecular formula is C14H16F3NO3. The Morgan fingerprint density at radius 2 is 1.81 bits per heavy atom. The molecule has 0 aromatic heterocycles. The summed E-state index contributed by atoms with van der Waals surface area (Å²) in [6.45, 7) is 3.37. The largest absolute Gasteiger partial charge is 0.481 e. The highest BCUT2D eigenvalue weighted by atomic mass is 19.4. The van der Waals surface area contributed by atoms with Crippen LogP contribution in [-0.4, -0.2) is 23.0 Å². The topological polar surface area (TPSA) is 66.4 Å². The van der Waals surface area contributed by atoms with Gasteiger partial charge in [0.1, 0.15) is 0 Å². The van der Waals surface area contributed by atoms with E-state index >= 15 is 0 Å². The van der Waals surface area contributed by atoms with E-state index in [1.165, 1.54) is 12.1 Å². The Bertz CT molecular complexity index is 526. The number of nitrogens with one attached hydrogen (secondary N) is 1. The molecular weight excluding hydrogens is 287 g/mol. The number of rotatable bonds is 5. The lowest BCUT2D eigenvalue weighted by molar-refractivity contribution is -0.139. The molecule has 116 valence electrons. The first-order valence-electron chi connectivity index (χ1n) is 6.31. The zero-order valence-electron chi connectivity index (χ0n) is 11.6. The molecule has 7 heteroatoms. The van der Waals surface area contributed by atoms with Crippen molar-refractivity contribution in [1.82, 2.24) is 5.32 Å². The van der Waals surface area contributed by atoms with E-state index in [1.807, 2.05) is 0 Å². The summed E-state index contributed by atoms with van der Waals surface area (Å²) in [5.74, 6) is -2.27. The number of carbonyl (C=O) groups is 2. The van der Waals surface area contributed by atoms with Gasteiger partial charge in [-0.25, -0.2) is 0 Å². The summed E-state index contributed by atoms with van der Waals surface area (Å²) in [6.07, 6.45) is -4.99. The Kier molecular flexibility index (Phi) is 5.34. The molecule has 1 amide bonds. The maximum Gasteiger partial charge on any atom is 0.417 e. The van der Waals surface area contributed by atoms with Crippen molar-refractivity contribution in [3.8, 4) is 0 Å². The average molecular weight is 303 g/mol. The highest BCUT2D eigenvalue weighted by Crippen LogP contribution is 2.31. The van der Waals surface area contributed by atoms with Crippen LogP contribution in [0.3, 0.4) is 0 Å². The van der Waals surface area contributed by atoms with Crippen LogP contribution < -0.4 is 5.32 Å². The molecule has 0 heterocycles. The Hall–Kier alpha value is -2.05. The number of carbonyl (C=O) groups excluding carboxylic acids is 1. The number of carboxylic acids is 1. The predicted octanol–water partition coefficient (Wildman–Crippen LogP) is 2.93. The lowest BCUT2D eigenvalue weighted by atomic mass is 9.99. The summed E-state index contributed by atoms with van der Waals surface area (Å²) >= 11 is 0. The molecule has 0 aliphatic carbocycles. The summed E-state index contributed by atoms with van der Waals surface area (Å²) < 4.78 is 38.5. The number of hydrogen-bond donors (Lipinski definition) is 2. The molecule has 0 saturated heterocycles. The molecule has 4 nitrogen and oxygen atoms in total. The zero-order chi connectivity index (χ0) is 16.2. The number of amides is 1. The molecule has 0 spiro atoms. The highest BCUT2D eigenvalue weighted by Gasteiger charge is 2.35. The van der Waals surface area contributed by atoms with Crippen molar-refractivity contribution in [3.63, 3.8) is 0 Å². The molecule has 0 fully saturated rings. The van der Waals surface area contributed by atoms with Crippen LogP contribution in [-0.2, 0) is 11.0 Å². The Balaban J connectivity index is 3.01. The minimum atomic E-state index is -4.64. The van der Waals surface area contributed by atoms with Gasteiger partial charge < -0.3 is 10.4 Å². The molecule has 1 aromatic rings. The van der Waals surface area contributed by atoms with Crippen molar-refractivity contribution < 1.29 is 27.9 Å². The van der Waals surface area contributed by atoms with Gasteiger partial charge in [-0.1, -0.05) is 26.0 Å². The second-order valence-electron chi connectivity index (χ2n) is 4.97. The lowest BCUT2D eigenvalue weighted by Crippen LogP contribution is -2.40. The number of benzene rings is 1. The van der Waals surface area contributed by atoms with Gasteiger partial charge in [0.15, 0.2) is 0 Å². The highest BCUT2D eigenvalue weighted by molar-refractivity contribution is 5.96. The minimum absolute atomic E-state index is 0.219. The Morgan fingerprint density at radius 1 is 1.24 bits per heavy atom. The molecule has 0 radical (unpaired) electrons. The standard InChI is InChI=1S/C14H16F3NO3/c1-8(2)11(7-12(19)20)18-13(21)9-5-3-4-6-10(9)14(15,16)17/h3-6,8,11H,7H2,1-2H3,(H,18,21)(H,19,20)/t11-/m0/s1. The van der Waals surface area contributed by atoms with Crippen LogP contribution in [0, 0.1) is 5.92 Å². The lowest BCUT2D eigenvalue weighted by Gasteiger charge is -2.21. The maximum absolute atomic E-state index is 12.8. The van der Waals surface area contributed by atoms with Crippen LogP contribution in [0.15, 0.2) is 24.3 Å². The fraction of sp³-hybridized carbons (Fsp3) is 0.429. The monoisotopic (exact) mass is 303 g/mol. The van der Waals surface area contributed by atoms with E-state index in [0.29, 0.717) is 0 Å². The van der Waals surface area contributed by atoms with E-state index in [0.717, 1.165) is 12.1 Å². The zero-order valence-corrected chi connectivity index (χ0v) is 11.6. The molecule has 0 aliphatic heterocycles. The van der Waals surface area contributed by atoms with Crippen LogP contribution >= 0.6 is 0 Å². The fourth-order valence-corrected chi connectivity index (χ4v) is 1.82. The van der Waals surface area contributed by atoms with Gasteiger partial charge in [0.05, 0.1) is 17.5 Å². The van der Waals surface area contributed by atoms with Crippen LogP contribution in [0.25, 0.3) is 0 Å². The summed E-state index contributed by atoms with van der Waals surface area (Å²) in [7, 11) is 0. The van der Waals surface area contributed by atoms with Gasteiger partial charge in [-0.15, -0.1) is 0 Å². The number of carboxylic acid groups (broad SMARTS) is 1. The third-order valence-corrected chi connectivity index (χ3v) is 2.99. The van der Waals surface area contributed by atoms with Crippen LogP contribution in [0.5, 0.6) is 0 Å². The van der Waals surface area contributed by atoms with Gasteiger partial charge in [0.2, 0.25) is 0 Å². The number of hydrogen-bond acceptors (Lipinski definition) is 2. The van der Waals surface area contributed by atoms with Gasteiger partial charge in [0.25, 0.3) is 5.91 Å². The van der Waals surface area contributed by atoms with Crippen molar-refractivity contribution in [2.45, 2.75) is 32.5 Å². The number of halogens is 3. The fourth-order valence-electron chi connectivity index (χ4n) is 1.82. The van der Waals surface area contributed by atoms with Crippen molar-refractivity contribution in [2.24, 2.45) is 5.92 Å².